The fourth-order valence-electron chi connectivity index (χ4n) is 4.62. The van der Waals surface area contributed by atoms with E-state index < -0.39 is 0 Å². The molecule has 1 amide bonds. The van der Waals surface area contributed by atoms with Gasteiger partial charge in [0.05, 0.1) is 22.3 Å². The Labute approximate surface area is 199 Å². The van der Waals surface area contributed by atoms with Crippen LogP contribution in [0.3, 0.4) is 0 Å². The summed E-state index contributed by atoms with van der Waals surface area (Å²) in [4.78, 5) is 27.0. The number of hydrogen-bond acceptors (Lipinski definition) is 5. The van der Waals surface area contributed by atoms with E-state index in [0.29, 0.717) is 43.1 Å². The van der Waals surface area contributed by atoms with Crippen LogP contribution in [-0.4, -0.2) is 47.0 Å². The summed E-state index contributed by atoms with van der Waals surface area (Å²) in [6.45, 7) is 6.54. The van der Waals surface area contributed by atoms with Gasteiger partial charge in [0.2, 0.25) is 0 Å². The highest BCUT2D eigenvalue weighted by molar-refractivity contribution is 6.07. The van der Waals surface area contributed by atoms with Crippen molar-refractivity contribution in [1.29, 1.82) is 5.26 Å². The van der Waals surface area contributed by atoms with E-state index >= 15 is 0 Å². The van der Waals surface area contributed by atoms with Crippen molar-refractivity contribution in [2.75, 3.05) is 31.1 Å². The number of nitriles is 1. The number of pyridine rings is 2. The van der Waals surface area contributed by atoms with E-state index in [4.69, 9.17) is 4.98 Å². The average molecular weight is 448 g/mol. The van der Waals surface area contributed by atoms with Crippen molar-refractivity contribution in [3.05, 3.63) is 89.1 Å². The molecule has 34 heavy (non-hydrogen) atoms. The molecule has 0 N–H and O–H groups in total. The van der Waals surface area contributed by atoms with Crippen LogP contribution < -0.4 is 4.90 Å². The van der Waals surface area contributed by atoms with Crippen molar-refractivity contribution in [2.24, 2.45) is 0 Å². The smallest absolute Gasteiger partial charge is 0.254 e. The van der Waals surface area contributed by atoms with Gasteiger partial charge in [-0.1, -0.05) is 42.0 Å². The zero-order valence-electron chi connectivity index (χ0n) is 19.3. The lowest BCUT2D eigenvalue weighted by Crippen LogP contribution is -2.49. The van der Waals surface area contributed by atoms with E-state index in [0.717, 1.165) is 27.7 Å². The first-order valence-electron chi connectivity index (χ1n) is 11.4. The number of carbonyl (C=O) groups is 1. The van der Waals surface area contributed by atoms with E-state index in [9.17, 15) is 10.1 Å². The van der Waals surface area contributed by atoms with Gasteiger partial charge in [-0.15, -0.1) is 0 Å². The maximum atomic E-state index is 13.7. The summed E-state index contributed by atoms with van der Waals surface area (Å²) in [6, 6.07) is 21.8. The highest BCUT2D eigenvalue weighted by atomic mass is 16.2. The molecule has 168 valence electrons. The Kier molecular flexibility index (Phi) is 5.69. The van der Waals surface area contributed by atoms with Gasteiger partial charge in [0.25, 0.3) is 5.91 Å². The number of aryl methyl sites for hydroxylation is 2. The summed E-state index contributed by atoms with van der Waals surface area (Å²) in [5.74, 6) is 0.689. The van der Waals surface area contributed by atoms with Crippen LogP contribution in [0.5, 0.6) is 0 Å². The Hall–Kier alpha value is -4.24. The van der Waals surface area contributed by atoms with Gasteiger partial charge in [0.15, 0.2) is 0 Å². The van der Waals surface area contributed by atoms with E-state index in [1.54, 1.807) is 18.3 Å². The highest BCUT2D eigenvalue weighted by Gasteiger charge is 2.26. The van der Waals surface area contributed by atoms with Gasteiger partial charge >= 0.3 is 0 Å². The lowest BCUT2D eigenvalue weighted by atomic mass is 9.99. The third-order valence-corrected chi connectivity index (χ3v) is 6.38. The molecule has 0 saturated carbocycles. The summed E-state index contributed by atoms with van der Waals surface area (Å²) in [6.07, 6.45) is 1.70. The molecule has 1 fully saturated rings. The molecule has 4 aromatic rings. The van der Waals surface area contributed by atoms with Gasteiger partial charge in [-0.2, -0.15) is 5.26 Å². The first-order valence-corrected chi connectivity index (χ1v) is 11.4. The summed E-state index contributed by atoms with van der Waals surface area (Å²) >= 11 is 0. The van der Waals surface area contributed by atoms with E-state index in [1.807, 2.05) is 35.2 Å². The van der Waals surface area contributed by atoms with Crippen molar-refractivity contribution in [1.82, 2.24) is 14.9 Å². The normalized spacial score (nSPS) is 13.7. The number of aromatic nitrogens is 2. The van der Waals surface area contributed by atoms with Gasteiger partial charge in [-0.25, -0.2) is 9.97 Å². The third-order valence-electron chi connectivity index (χ3n) is 6.38. The standard InChI is InChI=1S/C28H25N5O/c1-19-9-10-22(20(2)16-19)26-17-24(23-7-3-4-8-25(23)31-26)28(34)33-14-12-32(13-15-33)27-21(18-29)6-5-11-30-27/h3-11,16-17H,12-15H2,1-2H3. The van der Waals surface area contributed by atoms with Crippen LogP contribution in [0.4, 0.5) is 5.82 Å². The lowest BCUT2D eigenvalue weighted by Gasteiger charge is -2.36. The zero-order chi connectivity index (χ0) is 23.7. The molecular weight excluding hydrogens is 422 g/mol. The van der Waals surface area contributed by atoms with Crippen molar-refractivity contribution < 1.29 is 4.79 Å². The summed E-state index contributed by atoms with van der Waals surface area (Å²) < 4.78 is 0. The summed E-state index contributed by atoms with van der Waals surface area (Å²) in [7, 11) is 0. The molecule has 2 aromatic heterocycles. The minimum Gasteiger partial charge on any atom is -0.352 e. The van der Waals surface area contributed by atoms with E-state index in [2.05, 4.69) is 48.0 Å². The number of nitrogens with zero attached hydrogens (tertiary/aromatic N) is 5. The second kappa shape index (κ2) is 8.95. The van der Waals surface area contributed by atoms with Crippen molar-refractivity contribution in [3.8, 4) is 17.3 Å². The molecule has 1 saturated heterocycles. The minimum atomic E-state index is 0.00536. The Morgan fingerprint density at radius 3 is 2.53 bits per heavy atom. The number of carbonyl (C=O) groups excluding carboxylic acids is 1. The molecule has 0 radical (unpaired) electrons. The SMILES string of the molecule is Cc1ccc(-c2cc(C(=O)N3CCN(c4ncccc4C#N)CC3)c3ccccc3n2)c(C)c1. The molecule has 2 aromatic carbocycles. The van der Waals surface area contributed by atoms with Crippen LogP contribution in [0, 0.1) is 25.2 Å². The topological polar surface area (TPSA) is 73.1 Å². The number of piperazine rings is 1. The minimum absolute atomic E-state index is 0.00536. The number of para-hydroxylation sites is 1. The Morgan fingerprint density at radius 1 is 0.971 bits per heavy atom. The fourth-order valence-corrected chi connectivity index (χ4v) is 4.62. The number of rotatable bonds is 3. The van der Waals surface area contributed by atoms with Gasteiger partial charge in [0, 0.05) is 43.3 Å². The predicted octanol–water partition coefficient (Wildman–Crippen LogP) is 4.75. The maximum absolute atomic E-state index is 13.7. The van der Waals surface area contributed by atoms with E-state index in [-0.39, 0.29) is 5.91 Å². The second-order valence-corrected chi connectivity index (χ2v) is 8.66. The molecule has 1 aliphatic rings. The molecule has 0 bridgehead atoms. The number of hydrogen-bond donors (Lipinski definition) is 0. The largest absolute Gasteiger partial charge is 0.352 e. The number of amides is 1. The third kappa shape index (κ3) is 3.97. The molecule has 0 aliphatic carbocycles. The molecule has 0 unspecified atom stereocenters. The maximum Gasteiger partial charge on any atom is 0.254 e. The van der Waals surface area contributed by atoms with Gasteiger partial charge in [-0.05, 0) is 43.7 Å². The van der Waals surface area contributed by atoms with E-state index in [1.165, 1.54) is 5.56 Å². The second-order valence-electron chi connectivity index (χ2n) is 8.66. The monoisotopic (exact) mass is 447 g/mol. The number of anilines is 1. The fraction of sp³-hybridized carbons (Fsp3) is 0.214. The van der Waals surface area contributed by atoms with Crippen molar-refractivity contribution in [2.45, 2.75) is 13.8 Å². The highest BCUT2D eigenvalue weighted by Crippen LogP contribution is 2.29. The Balaban J connectivity index is 1.46. The van der Waals surface area contributed by atoms with Crippen LogP contribution in [0.2, 0.25) is 0 Å². The van der Waals surface area contributed by atoms with Crippen LogP contribution in [-0.2, 0) is 0 Å². The molecule has 0 atom stereocenters. The molecule has 0 spiro atoms. The van der Waals surface area contributed by atoms with Crippen LogP contribution in [0.1, 0.15) is 27.0 Å². The molecule has 5 rings (SSSR count). The Morgan fingerprint density at radius 2 is 1.76 bits per heavy atom. The van der Waals surface area contributed by atoms with Gasteiger partial charge < -0.3 is 9.80 Å². The molecular formula is C28H25N5O. The van der Waals surface area contributed by atoms with Crippen molar-refractivity contribution in [3.63, 3.8) is 0 Å². The summed E-state index contributed by atoms with van der Waals surface area (Å²) in [5, 5.41) is 10.3. The average Bonchev–Trinajstić information content (AvgIpc) is 2.87. The quantitative estimate of drug-likeness (QED) is 0.453. The first kappa shape index (κ1) is 21.6. The van der Waals surface area contributed by atoms with Crippen LogP contribution in [0.15, 0.2) is 66.9 Å². The molecule has 6 nitrogen and oxygen atoms in total. The van der Waals surface area contributed by atoms with Gasteiger partial charge in [0.1, 0.15) is 11.9 Å². The molecule has 6 heteroatoms. The van der Waals surface area contributed by atoms with Crippen LogP contribution >= 0.6 is 0 Å². The predicted molar refractivity (Wildman–Crippen MR) is 134 cm³/mol. The first-order chi connectivity index (χ1) is 16.5. The van der Waals surface area contributed by atoms with Gasteiger partial charge in [-0.3, -0.25) is 4.79 Å². The van der Waals surface area contributed by atoms with Crippen LogP contribution in [0.25, 0.3) is 22.2 Å². The van der Waals surface area contributed by atoms with Crippen molar-refractivity contribution >= 4 is 22.6 Å². The number of fused-ring (bicyclic) bond motifs is 1. The Bertz CT molecular complexity index is 1430. The summed E-state index contributed by atoms with van der Waals surface area (Å²) in [5.41, 5.74) is 6.22. The number of benzene rings is 2. The zero-order valence-corrected chi connectivity index (χ0v) is 19.3. The molecule has 1 aliphatic heterocycles. The molecule has 3 heterocycles. The lowest BCUT2D eigenvalue weighted by molar-refractivity contribution is 0.0748.